The predicted octanol–water partition coefficient (Wildman–Crippen LogP) is 5.57. The zero-order valence-corrected chi connectivity index (χ0v) is 26.5. The molecule has 0 aliphatic carbocycles. The van der Waals surface area contributed by atoms with Gasteiger partial charge in [-0.05, 0) is 84.4 Å². The third kappa shape index (κ3) is 11.2. The van der Waals surface area contributed by atoms with Crippen molar-refractivity contribution in [1.29, 1.82) is 0 Å². The van der Waals surface area contributed by atoms with E-state index in [1.54, 1.807) is 41.5 Å². The van der Waals surface area contributed by atoms with Crippen LogP contribution in [0.3, 0.4) is 0 Å². The number of benzene rings is 2. The van der Waals surface area contributed by atoms with Gasteiger partial charge in [0.1, 0.15) is 53.3 Å². The highest BCUT2D eigenvalue weighted by molar-refractivity contribution is 5.82. The summed E-state index contributed by atoms with van der Waals surface area (Å²) in [5, 5.41) is 14.8. The van der Waals surface area contributed by atoms with E-state index >= 15 is 0 Å². The molecule has 46 heavy (non-hydrogen) atoms. The third-order valence-electron chi connectivity index (χ3n) is 6.53. The van der Waals surface area contributed by atoms with Gasteiger partial charge < -0.3 is 34.7 Å². The van der Waals surface area contributed by atoms with Crippen LogP contribution in [-0.2, 0) is 23.7 Å². The first-order chi connectivity index (χ1) is 21.3. The number of hydrogen-bond donors (Lipinski definition) is 3. The Bertz CT molecular complexity index is 1400. The largest absolute Gasteiger partial charge is 0.444 e. The van der Waals surface area contributed by atoms with Gasteiger partial charge >= 0.3 is 12.2 Å². The Morgan fingerprint density at radius 2 is 1.24 bits per heavy atom. The second-order valence-electron chi connectivity index (χ2n) is 13.0. The number of carbonyl (C=O) groups excluding carboxylic acids is 3. The molecule has 0 radical (unpaired) electrons. The monoisotopic (exact) mass is 656 g/mol. The quantitative estimate of drug-likeness (QED) is 0.364. The van der Waals surface area contributed by atoms with Crippen molar-refractivity contribution in [3.8, 4) is 0 Å². The Kier molecular flexibility index (Phi) is 12.2. The smallest absolute Gasteiger partial charge is 0.407 e. The fourth-order valence-corrected chi connectivity index (χ4v) is 4.78. The number of aliphatic hydroxyl groups excluding tert-OH is 1. The van der Waals surface area contributed by atoms with Crippen molar-refractivity contribution < 1.29 is 56.0 Å². The summed E-state index contributed by atoms with van der Waals surface area (Å²) in [7, 11) is 0. The van der Waals surface area contributed by atoms with Crippen molar-refractivity contribution in [1.82, 2.24) is 10.6 Å². The maximum atomic E-state index is 14.0. The van der Waals surface area contributed by atoms with Crippen molar-refractivity contribution in [3.63, 3.8) is 0 Å². The third-order valence-corrected chi connectivity index (χ3v) is 6.53. The normalized spacial score (nSPS) is 23.5. The maximum Gasteiger partial charge on any atom is 0.407 e. The van der Waals surface area contributed by atoms with Crippen LogP contribution in [0.4, 0.5) is 27.2 Å². The first-order valence-corrected chi connectivity index (χ1v) is 14.6. The molecule has 5 atom stereocenters. The average molecular weight is 657 g/mol. The lowest BCUT2D eigenvalue weighted by Gasteiger charge is -2.35. The van der Waals surface area contributed by atoms with Gasteiger partial charge in [0, 0.05) is 17.5 Å². The van der Waals surface area contributed by atoms with Gasteiger partial charge in [-0.3, -0.25) is 4.79 Å². The van der Waals surface area contributed by atoms with Crippen LogP contribution in [0.15, 0.2) is 36.4 Å². The Hall–Kier alpha value is -3.75. The number of Topliss-reactive ketones (excluding diaryl/α,β-unsaturated/α-hetero) is 1. The second kappa shape index (κ2) is 15.2. The molecule has 2 fully saturated rings. The Morgan fingerprint density at radius 1 is 0.783 bits per heavy atom. The molecule has 2 aliphatic heterocycles. The first kappa shape index (κ1) is 36.7. The summed E-state index contributed by atoms with van der Waals surface area (Å²) in [4.78, 5) is 35.4. The van der Waals surface area contributed by atoms with Gasteiger partial charge in [0.15, 0.2) is 5.78 Å². The minimum atomic E-state index is -0.962. The van der Waals surface area contributed by atoms with E-state index in [2.05, 4.69) is 10.6 Å². The zero-order valence-electron chi connectivity index (χ0n) is 26.5. The number of hydrogen-bond acceptors (Lipinski definition) is 8. The van der Waals surface area contributed by atoms with Gasteiger partial charge in [-0.1, -0.05) is 0 Å². The number of ether oxygens (including phenoxy) is 4. The van der Waals surface area contributed by atoms with E-state index in [0.717, 1.165) is 36.4 Å². The summed E-state index contributed by atoms with van der Waals surface area (Å²) in [5.41, 5.74) is -1.46. The van der Waals surface area contributed by atoms with Gasteiger partial charge in [0.05, 0.1) is 24.8 Å². The zero-order chi connectivity index (χ0) is 34.4. The minimum absolute atomic E-state index is 0.00189. The van der Waals surface area contributed by atoms with Crippen LogP contribution in [-0.4, -0.2) is 65.7 Å². The summed E-state index contributed by atoms with van der Waals surface area (Å²) >= 11 is 0. The molecule has 14 heteroatoms. The molecule has 2 aliphatic rings. The molecular formula is C32H40F4N2O8. The van der Waals surface area contributed by atoms with Crippen molar-refractivity contribution in [2.45, 2.75) is 96.0 Å². The number of rotatable bonds is 4. The molecule has 10 nitrogen and oxygen atoms in total. The van der Waals surface area contributed by atoms with Crippen LogP contribution in [0.5, 0.6) is 0 Å². The molecule has 1 unspecified atom stereocenters. The summed E-state index contributed by atoms with van der Waals surface area (Å²) in [5.74, 6) is -2.77. The standard InChI is InChI=1S/C16H21F2NO4.C16H19F2NO4/c2*1-16(2,3)23-15(21)19-13-7-10(20)8-22-14(13)11-6-9(17)4-5-12(11)18/h4-6,10,13-14,20H,7-8H2,1-3H3,(H,19,21);4-6,13-14H,7-8H2,1-3H3,(H,19,21)/t10?,13-,14+;13-,14+/m00/s1. The highest BCUT2D eigenvalue weighted by Gasteiger charge is 2.37. The summed E-state index contributed by atoms with van der Waals surface area (Å²) in [6.07, 6.45) is -4.01. The predicted molar refractivity (Wildman–Crippen MR) is 157 cm³/mol. The van der Waals surface area contributed by atoms with Gasteiger partial charge in [-0.15, -0.1) is 0 Å². The maximum absolute atomic E-state index is 14.0. The van der Waals surface area contributed by atoms with Crippen molar-refractivity contribution in [2.75, 3.05) is 13.2 Å². The van der Waals surface area contributed by atoms with E-state index < -0.39 is 77.1 Å². The van der Waals surface area contributed by atoms with E-state index in [-0.39, 0.29) is 43.0 Å². The molecule has 2 aromatic rings. The summed E-state index contributed by atoms with van der Waals surface area (Å²) < 4.78 is 75.8. The molecule has 2 aromatic carbocycles. The van der Waals surface area contributed by atoms with Gasteiger partial charge in [-0.2, -0.15) is 0 Å². The van der Waals surface area contributed by atoms with Crippen molar-refractivity contribution in [2.24, 2.45) is 0 Å². The van der Waals surface area contributed by atoms with E-state index in [1.807, 2.05) is 0 Å². The van der Waals surface area contributed by atoms with E-state index in [9.17, 15) is 37.1 Å². The lowest BCUT2D eigenvalue weighted by molar-refractivity contribution is -0.133. The lowest BCUT2D eigenvalue weighted by Crippen LogP contribution is -2.48. The van der Waals surface area contributed by atoms with Crippen molar-refractivity contribution >= 4 is 18.0 Å². The lowest BCUT2D eigenvalue weighted by atomic mass is 9.94. The molecular weight excluding hydrogens is 616 g/mol. The van der Waals surface area contributed by atoms with Gasteiger partial charge in [0.25, 0.3) is 0 Å². The van der Waals surface area contributed by atoms with Crippen LogP contribution in [0, 0.1) is 23.3 Å². The molecule has 0 aromatic heterocycles. The molecule has 254 valence electrons. The van der Waals surface area contributed by atoms with Crippen LogP contribution < -0.4 is 10.6 Å². The number of halogens is 4. The molecule has 2 saturated heterocycles. The molecule has 0 spiro atoms. The van der Waals surface area contributed by atoms with Crippen LogP contribution >= 0.6 is 0 Å². The topological polar surface area (TPSA) is 132 Å². The molecule has 0 bridgehead atoms. The fourth-order valence-electron chi connectivity index (χ4n) is 4.78. The highest BCUT2D eigenvalue weighted by atomic mass is 19.1. The Labute approximate surface area is 264 Å². The number of nitrogens with one attached hydrogen (secondary N) is 2. The molecule has 4 rings (SSSR count). The minimum Gasteiger partial charge on any atom is -0.444 e. The molecule has 0 saturated carbocycles. The SMILES string of the molecule is CC(C)(C)OC(=O)N[C@H]1CC(=O)CO[C@@H]1c1cc(F)ccc1F.CC(C)(C)OC(=O)N[C@H]1CC(O)CO[C@@H]1c1cc(F)ccc1F. The second-order valence-corrected chi connectivity index (χ2v) is 13.0. The first-order valence-electron chi connectivity index (χ1n) is 14.6. The number of alkyl carbamates (subject to hydrolysis) is 2. The van der Waals surface area contributed by atoms with E-state index in [1.165, 1.54) is 0 Å². The highest BCUT2D eigenvalue weighted by Crippen LogP contribution is 2.32. The number of aliphatic hydroxyl groups is 1. The van der Waals surface area contributed by atoms with Crippen LogP contribution in [0.2, 0.25) is 0 Å². The van der Waals surface area contributed by atoms with E-state index in [4.69, 9.17) is 18.9 Å². The Morgan fingerprint density at radius 3 is 1.72 bits per heavy atom. The summed E-state index contributed by atoms with van der Waals surface area (Å²) in [6, 6.07) is 4.45. The van der Waals surface area contributed by atoms with E-state index in [0.29, 0.717) is 0 Å². The fraction of sp³-hybridized carbons (Fsp3) is 0.531. The van der Waals surface area contributed by atoms with Gasteiger partial charge in [-0.25, -0.2) is 27.2 Å². The molecule has 2 heterocycles. The average Bonchev–Trinajstić information content (AvgIpc) is 2.90. The van der Waals surface area contributed by atoms with Crippen molar-refractivity contribution in [3.05, 3.63) is 70.8 Å². The van der Waals surface area contributed by atoms with Gasteiger partial charge in [0.2, 0.25) is 0 Å². The Balaban J connectivity index is 0.000000250. The number of carbonyl (C=O) groups is 3. The molecule has 3 N–H and O–H groups in total. The van der Waals surface area contributed by atoms with Crippen LogP contribution in [0.1, 0.15) is 77.7 Å². The number of amides is 2. The molecule has 2 amide bonds. The summed E-state index contributed by atoms with van der Waals surface area (Å²) in [6.45, 7) is 9.98. The van der Waals surface area contributed by atoms with Crippen LogP contribution in [0.25, 0.3) is 0 Å². The number of ketones is 1.